The van der Waals surface area contributed by atoms with Gasteiger partial charge in [0.1, 0.15) is 5.75 Å². The summed E-state index contributed by atoms with van der Waals surface area (Å²) in [7, 11) is 1.66. The Morgan fingerprint density at radius 2 is 2.23 bits per heavy atom. The van der Waals surface area contributed by atoms with Gasteiger partial charge >= 0.3 is 0 Å². The highest BCUT2D eigenvalue weighted by atomic mass is 35.5. The van der Waals surface area contributed by atoms with Gasteiger partial charge in [0.25, 0.3) is 0 Å². The molecule has 0 aromatic heterocycles. The molecule has 1 nitrogen and oxygen atoms in total. The topological polar surface area (TPSA) is 9.23 Å². The second-order valence-corrected chi connectivity index (χ2v) is 3.35. The zero-order valence-corrected chi connectivity index (χ0v) is 8.64. The standard InChI is InChI=1S/C11H13ClO/c1-4-8(2)10-7-9(12)5-6-11(10)13-3/h4-8H,1H2,2-3H3. The molecule has 1 aromatic carbocycles. The van der Waals surface area contributed by atoms with Crippen LogP contribution < -0.4 is 4.74 Å². The van der Waals surface area contributed by atoms with Crippen molar-refractivity contribution in [3.8, 4) is 5.75 Å². The molecule has 0 bridgehead atoms. The van der Waals surface area contributed by atoms with Crippen LogP contribution in [0.2, 0.25) is 5.02 Å². The highest BCUT2D eigenvalue weighted by molar-refractivity contribution is 6.30. The first-order chi connectivity index (χ1) is 6.19. The van der Waals surface area contributed by atoms with Crippen molar-refractivity contribution in [2.24, 2.45) is 0 Å². The molecule has 0 aliphatic carbocycles. The van der Waals surface area contributed by atoms with Crippen LogP contribution in [-0.2, 0) is 0 Å². The van der Waals surface area contributed by atoms with E-state index in [1.54, 1.807) is 7.11 Å². The van der Waals surface area contributed by atoms with E-state index in [-0.39, 0.29) is 5.92 Å². The van der Waals surface area contributed by atoms with Crippen LogP contribution in [-0.4, -0.2) is 7.11 Å². The second kappa shape index (κ2) is 4.33. The molecule has 70 valence electrons. The Kier molecular flexibility index (Phi) is 3.38. The van der Waals surface area contributed by atoms with E-state index in [4.69, 9.17) is 16.3 Å². The van der Waals surface area contributed by atoms with Gasteiger partial charge < -0.3 is 4.74 Å². The van der Waals surface area contributed by atoms with Crippen molar-refractivity contribution in [2.75, 3.05) is 7.11 Å². The van der Waals surface area contributed by atoms with Crippen molar-refractivity contribution >= 4 is 11.6 Å². The fourth-order valence-electron chi connectivity index (χ4n) is 1.19. The van der Waals surface area contributed by atoms with Crippen LogP contribution in [0.1, 0.15) is 18.4 Å². The number of hydrogen-bond acceptors (Lipinski definition) is 1. The van der Waals surface area contributed by atoms with Crippen molar-refractivity contribution < 1.29 is 4.74 Å². The minimum absolute atomic E-state index is 0.258. The van der Waals surface area contributed by atoms with Crippen molar-refractivity contribution in [1.29, 1.82) is 0 Å². The third-order valence-corrected chi connectivity index (χ3v) is 2.27. The van der Waals surface area contributed by atoms with Crippen molar-refractivity contribution in [2.45, 2.75) is 12.8 Å². The summed E-state index contributed by atoms with van der Waals surface area (Å²) in [4.78, 5) is 0. The van der Waals surface area contributed by atoms with E-state index in [1.165, 1.54) is 0 Å². The third-order valence-electron chi connectivity index (χ3n) is 2.04. The number of rotatable bonds is 3. The predicted molar refractivity (Wildman–Crippen MR) is 56.6 cm³/mol. The number of ether oxygens (including phenoxy) is 1. The molecule has 0 fully saturated rings. The van der Waals surface area contributed by atoms with E-state index in [0.717, 1.165) is 16.3 Å². The summed E-state index contributed by atoms with van der Waals surface area (Å²) in [5, 5.41) is 0.726. The molecule has 0 spiro atoms. The van der Waals surface area contributed by atoms with Gasteiger partial charge in [-0.3, -0.25) is 0 Å². The number of methoxy groups -OCH3 is 1. The van der Waals surface area contributed by atoms with Gasteiger partial charge in [-0.15, -0.1) is 6.58 Å². The maximum absolute atomic E-state index is 5.88. The molecular formula is C11H13ClO. The summed E-state index contributed by atoms with van der Waals surface area (Å²) in [6.07, 6.45) is 1.87. The lowest BCUT2D eigenvalue weighted by atomic mass is 10.0. The fraction of sp³-hybridized carbons (Fsp3) is 0.273. The molecule has 0 aliphatic rings. The van der Waals surface area contributed by atoms with Crippen molar-refractivity contribution in [3.05, 3.63) is 41.4 Å². The SMILES string of the molecule is C=CC(C)c1cc(Cl)ccc1OC. The largest absolute Gasteiger partial charge is 0.496 e. The maximum atomic E-state index is 5.88. The van der Waals surface area contributed by atoms with Gasteiger partial charge in [0.15, 0.2) is 0 Å². The normalized spacial score (nSPS) is 12.2. The first-order valence-corrected chi connectivity index (χ1v) is 4.52. The third kappa shape index (κ3) is 2.25. The van der Waals surface area contributed by atoms with E-state index in [2.05, 4.69) is 13.5 Å². The summed E-state index contributed by atoms with van der Waals surface area (Å²) >= 11 is 5.88. The minimum atomic E-state index is 0.258. The first kappa shape index (κ1) is 10.1. The van der Waals surface area contributed by atoms with Gasteiger partial charge in [0, 0.05) is 16.5 Å². The van der Waals surface area contributed by atoms with Crippen LogP contribution in [0.25, 0.3) is 0 Å². The van der Waals surface area contributed by atoms with E-state index >= 15 is 0 Å². The molecule has 13 heavy (non-hydrogen) atoms. The molecule has 1 rings (SSSR count). The Labute approximate surface area is 84.0 Å². The monoisotopic (exact) mass is 196 g/mol. The quantitative estimate of drug-likeness (QED) is 0.671. The average Bonchev–Trinajstić information content (AvgIpc) is 2.16. The summed E-state index contributed by atoms with van der Waals surface area (Å²) in [5.74, 6) is 1.12. The smallest absolute Gasteiger partial charge is 0.122 e. The average molecular weight is 197 g/mol. The van der Waals surface area contributed by atoms with Crippen LogP contribution in [0, 0.1) is 0 Å². The first-order valence-electron chi connectivity index (χ1n) is 4.15. The molecule has 2 heteroatoms. The molecule has 1 aromatic rings. The zero-order chi connectivity index (χ0) is 9.84. The molecule has 0 amide bonds. The minimum Gasteiger partial charge on any atom is -0.496 e. The lowest BCUT2D eigenvalue weighted by Crippen LogP contribution is -1.94. The van der Waals surface area contributed by atoms with Gasteiger partial charge in [0.2, 0.25) is 0 Å². The predicted octanol–water partition coefficient (Wildman–Crippen LogP) is 3.64. The summed E-state index contributed by atoms with van der Waals surface area (Å²) in [6, 6.07) is 5.60. The lowest BCUT2D eigenvalue weighted by molar-refractivity contribution is 0.408. The zero-order valence-electron chi connectivity index (χ0n) is 7.88. The fourth-order valence-corrected chi connectivity index (χ4v) is 1.37. The van der Waals surface area contributed by atoms with Crippen LogP contribution in [0.5, 0.6) is 5.75 Å². The molecule has 1 atom stereocenters. The number of hydrogen-bond donors (Lipinski definition) is 0. The molecule has 0 radical (unpaired) electrons. The number of halogens is 1. The van der Waals surface area contributed by atoms with Gasteiger partial charge in [-0.1, -0.05) is 24.6 Å². The van der Waals surface area contributed by atoms with Gasteiger partial charge in [-0.05, 0) is 18.2 Å². The van der Waals surface area contributed by atoms with E-state index in [9.17, 15) is 0 Å². The van der Waals surface area contributed by atoms with Crippen LogP contribution >= 0.6 is 11.6 Å². The van der Waals surface area contributed by atoms with Crippen LogP contribution in [0.4, 0.5) is 0 Å². The van der Waals surface area contributed by atoms with Gasteiger partial charge in [-0.25, -0.2) is 0 Å². The van der Waals surface area contributed by atoms with Crippen molar-refractivity contribution in [1.82, 2.24) is 0 Å². The Morgan fingerprint density at radius 1 is 1.54 bits per heavy atom. The van der Waals surface area contributed by atoms with E-state index in [0.29, 0.717) is 0 Å². The van der Waals surface area contributed by atoms with Crippen molar-refractivity contribution in [3.63, 3.8) is 0 Å². The van der Waals surface area contributed by atoms with E-state index in [1.807, 2.05) is 24.3 Å². The lowest BCUT2D eigenvalue weighted by Gasteiger charge is -2.12. The molecule has 0 heterocycles. The highest BCUT2D eigenvalue weighted by Gasteiger charge is 2.08. The van der Waals surface area contributed by atoms with Gasteiger partial charge in [-0.2, -0.15) is 0 Å². The second-order valence-electron chi connectivity index (χ2n) is 2.91. The Bertz CT molecular complexity index is 307. The van der Waals surface area contributed by atoms with Gasteiger partial charge in [0.05, 0.1) is 7.11 Å². The Morgan fingerprint density at radius 3 is 2.77 bits per heavy atom. The molecule has 0 saturated carbocycles. The molecule has 1 unspecified atom stereocenters. The Hall–Kier alpha value is -0.950. The maximum Gasteiger partial charge on any atom is 0.122 e. The Balaban J connectivity index is 3.14. The van der Waals surface area contributed by atoms with Crippen LogP contribution in [0.3, 0.4) is 0 Å². The van der Waals surface area contributed by atoms with E-state index < -0.39 is 0 Å². The number of allylic oxidation sites excluding steroid dienone is 1. The molecular weight excluding hydrogens is 184 g/mol. The molecule has 0 N–H and O–H groups in total. The highest BCUT2D eigenvalue weighted by Crippen LogP contribution is 2.29. The summed E-state index contributed by atoms with van der Waals surface area (Å²) in [5.41, 5.74) is 1.07. The number of benzene rings is 1. The van der Waals surface area contributed by atoms with Crippen LogP contribution in [0.15, 0.2) is 30.9 Å². The molecule has 0 saturated heterocycles. The summed E-state index contributed by atoms with van der Waals surface area (Å²) < 4.78 is 5.22. The summed E-state index contributed by atoms with van der Waals surface area (Å²) in [6.45, 7) is 5.80. The molecule has 0 aliphatic heterocycles.